The molecule has 3 nitrogen and oxygen atoms in total. The molecule has 0 fully saturated rings. The van der Waals surface area contributed by atoms with E-state index in [1.807, 2.05) is 31.9 Å². The van der Waals surface area contributed by atoms with Crippen LogP contribution in [-0.2, 0) is 0 Å². The average Bonchev–Trinajstić information content (AvgIpc) is 2.47. The minimum atomic E-state index is -0.654. The molecule has 6 heteroatoms. The lowest BCUT2D eigenvalue weighted by Crippen LogP contribution is -2.14. The van der Waals surface area contributed by atoms with E-state index in [9.17, 15) is 8.78 Å². The molecule has 0 saturated carbocycles. The fourth-order valence-corrected chi connectivity index (χ4v) is 2.16. The van der Waals surface area contributed by atoms with Gasteiger partial charge in [0.15, 0.2) is 0 Å². The van der Waals surface area contributed by atoms with E-state index in [4.69, 9.17) is 11.6 Å². The molecule has 0 aromatic heterocycles. The predicted molar refractivity (Wildman–Crippen MR) is 92.3 cm³/mol. The molecule has 2 rings (SSSR count). The highest BCUT2D eigenvalue weighted by Crippen LogP contribution is 2.35. The third kappa shape index (κ3) is 4.66. The minimum absolute atomic E-state index is 0.288. The van der Waals surface area contributed by atoms with Gasteiger partial charge in [0.05, 0.1) is 22.7 Å². The number of halogens is 3. The van der Waals surface area contributed by atoms with Gasteiger partial charge in [-0.1, -0.05) is 11.6 Å². The smallest absolute Gasteiger partial charge is 0.128 e. The lowest BCUT2D eigenvalue weighted by molar-refractivity contribution is 0.552. The Kier molecular flexibility index (Phi) is 5.55. The second-order valence-electron chi connectivity index (χ2n) is 5.25. The largest absolute Gasteiger partial charge is 0.366 e. The molecule has 122 valence electrons. The Morgan fingerprint density at radius 1 is 1.17 bits per heavy atom. The van der Waals surface area contributed by atoms with Gasteiger partial charge in [0.1, 0.15) is 11.6 Å². The Hall–Kier alpha value is -2.14. The normalized spacial score (nSPS) is 11.0. The first kappa shape index (κ1) is 17.2. The van der Waals surface area contributed by atoms with E-state index in [1.54, 1.807) is 12.4 Å². The number of aryl methyl sites for hydroxylation is 1. The van der Waals surface area contributed by atoms with Gasteiger partial charge in [-0.15, -0.1) is 0 Å². The lowest BCUT2D eigenvalue weighted by atomic mass is 10.2. The maximum atomic E-state index is 13.3. The van der Waals surface area contributed by atoms with Gasteiger partial charge in [0.25, 0.3) is 0 Å². The second-order valence-corrected chi connectivity index (χ2v) is 5.62. The van der Waals surface area contributed by atoms with Gasteiger partial charge < -0.3 is 10.2 Å². The highest BCUT2D eigenvalue weighted by atomic mass is 35.5. The quantitative estimate of drug-likeness (QED) is 0.593. The van der Waals surface area contributed by atoms with Crippen LogP contribution in [0, 0.1) is 18.6 Å². The second kappa shape index (κ2) is 7.42. The van der Waals surface area contributed by atoms with Crippen molar-refractivity contribution in [3.8, 4) is 0 Å². The zero-order valence-electron chi connectivity index (χ0n) is 13.2. The molecule has 0 heterocycles. The summed E-state index contributed by atoms with van der Waals surface area (Å²) in [7, 11) is 1.90. The van der Waals surface area contributed by atoms with Gasteiger partial charge in [0.2, 0.25) is 0 Å². The van der Waals surface area contributed by atoms with Crippen molar-refractivity contribution >= 4 is 35.0 Å². The van der Waals surface area contributed by atoms with E-state index in [0.29, 0.717) is 16.4 Å². The number of nitrogens with zero attached hydrogens (tertiary/aromatic N) is 2. The third-order valence-electron chi connectivity index (χ3n) is 3.23. The summed E-state index contributed by atoms with van der Waals surface area (Å²) < 4.78 is 26.6. The first-order chi connectivity index (χ1) is 10.9. The van der Waals surface area contributed by atoms with Crippen LogP contribution in [0.5, 0.6) is 0 Å². The zero-order chi connectivity index (χ0) is 17.0. The summed E-state index contributed by atoms with van der Waals surface area (Å²) >= 11 is 6.35. The average molecular weight is 338 g/mol. The molecule has 0 unspecified atom stereocenters. The van der Waals surface area contributed by atoms with E-state index in [2.05, 4.69) is 10.3 Å². The first-order valence-corrected chi connectivity index (χ1v) is 7.54. The van der Waals surface area contributed by atoms with Crippen LogP contribution in [0.15, 0.2) is 35.3 Å². The summed E-state index contributed by atoms with van der Waals surface area (Å²) in [4.78, 5) is 6.27. The zero-order valence-corrected chi connectivity index (χ0v) is 14.0. The summed E-state index contributed by atoms with van der Waals surface area (Å²) in [6, 6.07) is 6.87. The van der Waals surface area contributed by atoms with Crippen LogP contribution in [0.3, 0.4) is 0 Å². The van der Waals surface area contributed by atoms with Gasteiger partial charge in [-0.05, 0) is 43.7 Å². The molecule has 1 N–H and O–H groups in total. The maximum Gasteiger partial charge on any atom is 0.128 e. The van der Waals surface area contributed by atoms with Gasteiger partial charge in [-0.2, -0.15) is 0 Å². The molecule has 0 saturated heterocycles. The Balaban J connectivity index is 2.35. The van der Waals surface area contributed by atoms with E-state index in [1.165, 1.54) is 12.1 Å². The molecule has 0 aliphatic carbocycles. The van der Waals surface area contributed by atoms with Gasteiger partial charge in [-0.3, -0.25) is 0 Å². The fourth-order valence-electron chi connectivity index (χ4n) is 1.96. The summed E-state index contributed by atoms with van der Waals surface area (Å²) in [6.07, 6.45) is 1.69. The van der Waals surface area contributed by atoms with Crippen molar-refractivity contribution < 1.29 is 8.78 Å². The molecule has 0 bridgehead atoms. The molecule has 0 atom stereocenters. The van der Waals surface area contributed by atoms with Crippen molar-refractivity contribution in [3.05, 3.63) is 52.6 Å². The van der Waals surface area contributed by atoms with Crippen molar-refractivity contribution in [1.82, 2.24) is 4.90 Å². The highest BCUT2D eigenvalue weighted by Gasteiger charge is 2.09. The van der Waals surface area contributed by atoms with E-state index < -0.39 is 11.6 Å². The van der Waals surface area contributed by atoms with Crippen LogP contribution in [0.4, 0.5) is 25.8 Å². The van der Waals surface area contributed by atoms with Crippen molar-refractivity contribution in [2.45, 2.75) is 13.8 Å². The molecule has 23 heavy (non-hydrogen) atoms. The number of rotatable bonds is 5. The molecule has 0 aliphatic rings. The monoisotopic (exact) mass is 337 g/mol. The molecular weight excluding hydrogens is 320 g/mol. The Morgan fingerprint density at radius 2 is 1.83 bits per heavy atom. The molecule has 0 spiro atoms. The molecule has 0 amide bonds. The van der Waals surface area contributed by atoms with E-state index in [0.717, 1.165) is 18.2 Å². The lowest BCUT2D eigenvalue weighted by Gasteiger charge is -2.13. The SMILES string of the molecule is CCN(C)C=Nc1cc(C)cc(Nc2cc(F)cc(F)c2)c1Cl. The molecule has 0 aliphatic heterocycles. The Labute approximate surface area is 139 Å². The van der Waals surface area contributed by atoms with Crippen LogP contribution in [0.2, 0.25) is 5.02 Å². The van der Waals surface area contributed by atoms with Crippen LogP contribution in [0.25, 0.3) is 0 Å². The summed E-state index contributed by atoms with van der Waals surface area (Å²) in [5, 5.41) is 3.33. The molecule has 0 radical (unpaired) electrons. The number of benzene rings is 2. The third-order valence-corrected chi connectivity index (χ3v) is 3.63. The Morgan fingerprint density at radius 3 is 2.43 bits per heavy atom. The number of hydrogen-bond donors (Lipinski definition) is 1. The number of anilines is 2. The van der Waals surface area contributed by atoms with Crippen molar-refractivity contribution in [2.24, 2.45) is 4.99 Å². The van der Waals surface area contributed by atoms with Crippen LogP contribution >= 0.6 is 11.6 Å². The van der Waals surface area contributed by atoms with Crippen molar-refractivity contribution in [3.63, 3.8) is 0 Å². The maximum absolute atomic E-state index is 13.3. The molecular formula is C17H18ClF2N3. The van der Waals surface area contributed by atoms with Gasteiger partial charge in [0, 0.05) is 25.3 Å². The van der Waals surface area contributed by atoms with Crippen molar-refractivity contribution in [2.75, 3.05) is 18.9 Å². The van der Waals surface area contributed by atoms with Gasteiger partial charge >= 0.3 is 0 Å². The minimum Gasteiger partial charge on any atom is -0.366 e. The Bertz CT molecular complexity index is 712. The molecule has 2 aromatic carbocycles. The van der Waals surface area contributed by atoms with E-state index >= 15 is 0 Å². The highest BCUT2D eigenvalue weighted by molar-refractivity contribution is 6.36. The summed E-state index contributed by atoms with van der Waals surface area (Å²) in [5.74, 6) is -1.31. The topological polar surface area (TPSA) is 27.6 Å². The van der Waals surface area contributed by atoms with E-state index in [-0.39, 0.29) is 5.69 Å². The number of hydrogen-bond acceptors (Lipinski definition) is 2. The molecule has 2 aromatic rings. The standard InChI is InChI=1S/C17H18ClF2N3/c1-4-23(3)10-21-15-5-11(2)6-16(17(15)18)22-14-8-12(19)7-13(20)9-14/h5-10,22H,4H2,1-3H3. The van der Waals surface area contributed by atoms with Gasteiger partial charge in [-0.25, -0.2) is 13.8 Å². The number of aliphatic imine (C=N–C) groups is 1. The van der Waals surface area contributed by atoms with Crippen LogP contribution < -0.4 is 5.32 Å². The summed E-state index contributed by atoms with van der Waals surface area (Å²) in [5.41, 5.74) is 2.35. The fraction of sp³-hybridized carbons (Fsp3) is 0.235. The van der Waals surface area contributed by atoms with Crippen molar-refractivity contribution in [1.29, 1.82) is 0 Å². The first-order valence-electron chi connectivity index (χ1n) is 7.16. The van der Waals surface area contributed by atoms with Crippen LogP contribution in [0.1, 0.15) is 12.5 Å². The predicted octanol–water partition coefficient (Wildman–Crippen LogP) is 5.28. The summed E-state index contributed by atoms with van der Waals surface area (Å²) in [6.45, 7) is 4.73. The number of nitrogens with one attached hydrogen (secondary N) is 1. The van der Waals surface area contributed by atoms with Crippen LogP contribution in [-0.4, -0.2) is 24.8 Å².